The number of hydrogen-bond donors (Lipinski definition) is 3. The third-order valence-electron chi connectivity index (χ3n) is 2.34. The lowest BCUT2D eigenvalue weighted by Gasteiger charge is -2.03. The Kier molecular flexibility index (Phi) is 7.31. The Hall–Kier alpha value is -1.85. The number of carbonyl (C=O) groups excluding carboxylic acids is 1. The lowest BCUT2D eigenvalue weighted by molar-refractivity contribution is -0.116. The topological polar surface area (TPSA) is 84.6 Å². The lowest BCUT2D eigenvalue weighted by Crippen LogP contribution is -2.23. The van der Waals surface area contributed by atoms with Crippen LogP contribution in [0.3, 0.4) is 0 Å². The average molecular weight is 264 g/mol. The summed E-state index contributed by atoms with van der Waals surface area (Å²) in [7, 11) is 0. The first kappa shape index (κ1) is 15.2. The van der Waals surface area contributed by atoms with Crippen LogP contribution in [0.1, 0.15) is 12.0 Å². The highest BCUT2D eigenvalue weighted by molar-refractivity contribution is 5.91. The summed E-state index contributed by atoms with van der Waals surface area (Å²) < 4.78 is 5.07. The van der Waals surface area contributed by atoms with E-state index in [4.69, 9.17) is 15.6 Å². The molecular formula is C14H20N2O3. The second-order valence-electron chi connectivity index (χ2n) is 3.98. The minimum atomic E-state index is -0.149. The molecule has 0 spiro atoms. The number of benzene rings is 1. The largest absolute Gasteiger partial charge is 0.399 e. The zero-order chi connectivity index (χ0) is 13.9. The van der Waals surface area contributed by atoms with E-state index in [1.807, 2.05) is 12.1 Å². The molecule has 19 heavy (non-hydrogen) atoms. The van der Waals surface area contributed by atoms with Gasteiger partial charge in [0.05, 0.1) is 13.2 Å². The number of ether oxygens (including phenoxy) is 1. The molecule has 0 aliphatic heterocycles. The number of aliphatic hydroxyl groups is 1. The molecule has 0 heterocycles. The number of anilines is 1. The van der Waals surface area contributed by atoms with Crippen LogP contribution >= 0.6 is 0 Å². The quantitative estimate of drug-likeness (QED) is 0.368. The summed E-state index contributed by atoms with van der Waals surface area (Å²) in [6.07, 6.45) is 3.91. The number of nitrogens with one attached hydrogen (secondary N) is 1. The highest BCUT2D eigenvalue weighted by Gasteiger charge is 1.95. The van der Waals surface area contributed by atoms with Crippen LogP contribution < -0.4 is 11.1 Å². The Morgan fingerprint density at radius 2 is 2.26 bits per heavy atom. The standard InChI is InChI=1S/C14H20N2O3/c15-13-4-1-3-12(11-13)5-6-14(18)16-7-2-9-19-10-8-17/h1,3-6,11,17H,2,7-10,15H2,(H,16,18)/b6-5+. The second-order valence-corrected chi connectivity index (χ2v) is 3.98. The van der Waals surface area contributed by atoms with E-state index < -0.39 is 0 Å². The molecule has 0 unspecified atom stereocenters. The normalized spacial score (nSPS) is 10.8. The highest BCUT2D eigenvalue weighted by atomic mass is 16.5. The molecule has 0 atom stereocenters. The van der Waals surface area contributed by atoms with Crippen molar-refractivity contribution in [1.29, 1.82) is 0 Å². The first-order valence-electron chi connectivity index (χ1n) is 6.22. The molecule has 0 aromatic heterocycles. The monoisotopic (exact) mass is 264 g/mol. The van der Waals surface area contributed by atoms with Crippen LogP contribution in [-0.4, -0.2) is 37.4 Å². The van der Waals surface area contributed by atoms with Crippen molar-refractivity contribution in [2.24, 2.45) is 0 Å². The van der Waals surface area contributed by atoms with Gasteiger partial charge in [-0.25, -0.2) is 0 Å². The fourth-order valence-electron chi connectivity index (χ4n) is 1.45. The second kappa shape index (κ2) is 9.13. The maximum Gasteiger partial charge on any atom is 0.244 e. The molecule has 1 rings (SSSR count). The fraction of sp³-hybridized carbons (Fsp3) is 0.357. The minimum Gasteiger partial charge on any atom is -0.399 e. The van der Waals surface area contributed by atoms with Crippen LogP contribution in [0.25, 0.3) is 6.08 Å². The van der Waals surface area contributed by atoms with Gasteiger partial charge in [-0.1, -0.05) is 12.1 Å². The third kappa shape index (κ3) is 7.23. The number of carbonyl (C=O) groups is 1. The molecule has 104 valence electrons. The minimum absolute atomic E-state index is 0.0231. The molecule has 0 aliphatic carbocycles. The van der Waals surface area contributed by atoms with Crippen molar-refractivity contribution in [1.82, 2.24) is 5.32 Å². The molecule has 0 fully saturated rings. The third-order valence-corrected chi connectivity index (χ3v) is 2.34. The van der Waals surface area contributed by atoms with Gasteiger partial charge in [-0.3, -0.25) is 4.79 Å². The summed E-state index contributed by atoms with van der Waals surface area (Å²) in [5, 5.41) is 11.2. The molecule has 1 aromatic rings. The van der Waals surface area contributed by atoms with Gasteiger partial charge in [-0.15, -0.1) is 0 Å². The van der Waals surface area contributed by atoms with E-state index in [1.165, 1.54) is 6.08 Å². The van der Waals surface area contributed by atoms with Crippen molar-refractivity contribution in [2.45, 2.75) is 6.42 Å². The van der Waals surface area contributed by atoms with Gasteiger partial charge < -0.3 is 20.9 Å². The predicted molar refractivity (Wildman–Crippen MR) is 75.4 cm³/mol. The highest BCUT2D eigenvalue weighted by Crippen LogP contribution is 2.07. The summed E-state index contributed by atoms with van der Waals surface area (Å²) in [4.78, 5) is 11.5. The molecule has 1 amide bonds. The molecule has 0 saturated carbocycles. The van der Waals surface area contributed by atoms with E-state index >= 15 is 0 Å². The van der Waals surface area contributed by atoms with Crippen molar-refractivity contribution < 1.29 is 14.6 Å². The van der Waals surface area contributed by atoms with Crippen LogP contribution in [0.2, 0.25) is 0 Å². The van der Waals surface area contributed by atoms with Gasteiger partial charge in [-0.2, -0.15) is 0 Å². The number of hydrogen-bond acceptors (Lipinski definition) is 4. The number of rotatable bonds is 8. The Morgan fingerprint density at radius 1 is 1.42 bits per heavy atom. The van der Waals surface area contributed by atoms with Crippen LogP contribution in [-0.2, 0) is 9.53 Å². The first-order chi connectivity index (χ1) is 9.22. The first-order valence-corrected chi connectivity index (χ1v) is 6.22. The van der Waals surface area contributed by atoms with Crippen LogP contribution in [0.15, 0.2) is 30.3 Å². The van der Waals surface area contributed by atoms with Gasteiger partial charge in [-0.05, 0) is 30.2 Å². The number of nitrogen functional groups attached to an aromatic ring is 1. The Bertz CT molecular complexity index is 419. The van der Waals surface area contributed by atoms with Crippen LogP contribution in [0, 0.1) is 0 Å². The van der Waals surface area contributed by atoms with E-state index in [9.17, 15) is 4.79 Å². The summed E-state index contributed by atoms with van der Waals surface area (Å²) in [5.74, 6) is -0.149. The van der Waals surface area contributed by atoms with E-state index in [2.05, 4.69) is 5.32 Å². The van der Waals surface area contributed by atoms with Crippen molar-refractivity contribution in [3.05, 3.63) is 35.9 Å². The fourth-order valence-corrected chi connectivity index (χ4v) is 1.45. The van der Waals surface area contributed by atoms with Gasteiger partial charge >= 0.3 is 0 Å². The van der Waals surface area contributed by atoms with E-state index in [0.717, 1.165) is 12.0 Å². The average Bonchev–Trinajstić information content (AvgIpc) is 2.40. The van der Waals surface area contributed by atoms with Gasteiger partial charge in [0.1, 0.15) is 0 Å². The van der Waals surface area contributed by atoms with Gasteiger partial charge in [0.25, 0.3) is 0 Å². The van der Waals surface area contributed by atoms with Gasteiger partial charge in [0, 0.05) is 24.9 Å². The van der Waals surface area contributed by atoms with Crippen LogP contribution in [0.5, 0.6) is 0 Å². The van der Waals surface area contributed by atoms with E-state index in [1.54, 1.807) is 18.2 Å². The smallest absolute Gasteiger partial charge is 0.244 e. The van der Waals surface area contributed by atoms with Crippen molar-refractivity contribution in [3.8, 4) is 0 Å². The zero-order valence-electron chi connectivity index (χ0n) is 10.8. The van der Waals surface area contributed by atoms with Gasteiger partial charge in [0.2, 0.25) is 5.91 Å². The predicted octanol–water partition coefficient (Wildman–Crippen LogP) is 0.797. The Morgan fingerprint density at radius 3 is 3.00 bits per heavy atom. The van der Waals surface area contributed by atoms with Gasteiger partial charge in [0.15, 0.2) is 0 Å². The van der Waals surface area contributed by atoms with Crippen LogP contribution in [0.4, 0.5) is 5.69 Å². The summed E-state index contributed by atoms with van der Waals surface area (Å²) >= 11 is 0. The number of nitrogens with two attached hydrogens (primary N) is 1. The molecule has 1 aromatic carbocycles. The molecule has 4 N–H and O–H groups in total. The molecule has 5 nitrogen and oxygen atoms in total. The molecule has 0 aliphatic rings. The lowest BCUT2D eigenvalue weighted by atomic mass is 10.2. The summed E-state index contributed by atoms with van der Waals surface area (Å²) in [6, 6.07) is 7.31. The molecular weight excluding hydrogens is 244 g/mol. The summed E-state index contributed by atoms with van der Waals surface area (Å²) in [6.45, 7) is 1.43. The summed E-state index contributed by atoms with van der Waals surface area (Å²) in [5.41, 5.74) is 7.20. The Labute approximate surface area is 113 Å². The molecule has 0 saturated heterocycles. The number of aliphatic hydroxyl groups excluding tert-OH is 1. The maximum atomic E-state index is 11.5. The molecule has 0 radical (unpaired) electrons. The van der Waals surface area contributed by atoms with Crippen molar-refractivity contribution >= 4 is 17.7 Å². The van der Waals surface area contributed by atoms with E-state index in [-0.39, 0.29) is 12.5 Å². The Balaban J connectivity index is 2.20. The number of amides is 1. The zero-order valence-corrected chi connectivity index (χ0v) is 10.8. The molecule has 0 bridgehead atoms. The SMILES string of the molecule is Nc1cccc(/C=C/C(=O)NCCCOCCO)c1. The maximum absolute atomic E-state index is 11.5. The van der Waals surface area contributed by atoms with E-state index in [0.29, 0.717) is 25.4 Å². The van der Waals surface area contributed by atoms with Crippen molar-refractivity contribution in [2.75, 3.05) is 32.1 Å². The molecule has 5 heteroatoms. The van der Waals surface area contributed by atoms with Crippen molar-refractivity contribution in [3.63, 3.8) is 0 Å².